The number of nitriles is 1. The molecule has 14 heavy (non-hydrogen) atoms. The van der Waals surface area contributed by atoms with Gasteiger partial charge in [0, 0.05) is 5.02 Å². The van der Waals surface area contributed by atoms with E-state index in [0.717, 1.165) is 0 Å². The van der Waals surface area contributed by atoms with Gasteiger partial charge >= 0.3 is 0 Å². The number of nitrogens with two attached hydrogens (primary N) is 1. The van der Waals surface area contributed by atoms with Gasteiger partial charge in [-0.2, -0.15) is 5.26 Å². The van der Waals surface area contributed by atoms with Gasteiger partial charge in [0.1, 0.15) is 0 Å². The number of benzene rings is 1. The average Bonchev–Trinajstić information content (AvgIpc) is 2.15. The van der Waals surface area contributed by atoms with Crippen molar-refractivity contribution in [3.63, 3.8) is 0 Å². The second-order valence-corrected chi connectivity index (χ2v) is 3.59. The van der Waals surface area contributed by atoms with E-state index in [-0.39, 0.29) is 0 Å². The van der Waals surface area contributed by atoms with Crippen LogP contribution in [0.4, 0.5) is 0 Å². The Kier molecular flexibility index (Phi) is 3.48. The summed E-state index contributed by atoms with van der Waals surface area (Å²) in [4.78, 5) is 0. The molecule has 0 amide bonds. The second kappa shape index (κ2) is 4.43. The van der Waals surface area contributed by atoms with Gasteiger partial charge in [-0.1, -0.05) is 11.6 Å². The van der Waals surface area contributed by atoms with E-state index in [9.17, 15) is 5.11 Å². The van der Waals surface area contributed by atoms with E-state index in [1.165, 1.54) is 0 Å². The Labute approximate surface area is 87.7 Å². The maximum absolute atomic E-state index is 9.28. The minimum Gasteiger partial charge on any atom is -0.391 e. The Morgan fingerprint density at radius 2 is 2.14 bits per heavy atom. The van der Waals surface area contributed by atoms with Gasteiger partial charge < -0.3 is 10.8 Å². The molecule has 2 unspecified atom stereocenters. The highest BCUT2D eigenvalue weighted by molar-refractivity contribution is 6.30. The lowest BCUT2D eigenvalue weighted by Gasteiger charge is -2.15. The summed E-state index contributed by atoms with van der Waals surface area (Å²) in [6.07, 6.45) is -0.667. The monoisotopic (exact) mass is 210 g/mol. The van der Waals surface area contributed by atoms with Crippen LogP contribution >= 0.6 is 11.6 Å². The van der Waals surface area contributed by atoms with E-state index in [4.69, 9.17) is 22.6 Å². The molecule has 0 spiro atoms. The summed E-state index contributed by atoms with van der Waals surface area (Å²) in [5.74, 6) is 0. The summed E-state index contributed by atoms with van der Waals surface area (Å²) in [7, 11) is 0. The van der Waals surface area contributed by atoms with Crippen LogP contribution in [0, 0.1) is 11.3 Å². The maximum atomic E-state index is 9.28. The van der Waals surface area contributed by atoms with E-state index in [0.29, 0.717) is 16.1 Å². The van der Waals surface area contributed by atoms with Crippen molar-refractivity contribution in [2.75, 3.05) is 0 Å². The first-order valence-corrected chi connectivity index (χ1v) is 4.56. The largest absolute Gasteiger partial charge is 0.391 e. The lowest BCUT2D eigenvalue weighted by Crippen LogP contribution is -2.23. The van der Waals surface area contributed by atoms with E-state index in [1.807, 2.05) is 6.07 Å². The maximum Gasteiger partial charge on any atom is 0.0992 e. The normalized spacial score (nSPS) is 14.5. The molecular weight excluding hydrogens is 200 g/mol. The smallest absolute Gasteiger partial charge is 0.0992 e. The zero-order valence-corrected chi connectivity index (χ0v) is 8.49. The molecule has 0 aromatic heterocycles. The Hall–Kier alpha value is -1.08. The van der Waals surface area contributed by atoms with Crippen molar-refractivity contribution in [2.45, 2.75) is 19.1 Å². The van der Waals surface area contributed by atoms with Crippen LogP contribution in [-0.4, -0.2) is 11.2 Å². The highest BCUT2D eigenvalue weighted by Gasteiger charge is 2.13. The molecule has 74 valence electrons. The Balaban J connectivity index is 3.10. The molecule has 0 saturated carbocycles. The third-order valence-corrected chi connectivity index (χ3v) is 2.17. The number of hydrogen-bond acceptors (Lipinski definition) is 3. The molecule has 1 aromatic carbocycles. The molecule has 0 aliphatic heterocycles. The average molecular weight is 211 g/mol. The minimum atomic E-state index is -0.667. The standard InChI is InChI=1S/C10H11ClN2O/c1-6(14)10(13)8-2-7(5-12)3-9(11)4-8/h2-4,6,10,14H,13H2,1H3. The summed E-state index contributed by atoms with van der Waals surface area (Å²) in [5.41, 5.74) is 6.83. The number of aliphatic hydroxyl groups is 1. The van der Waals surface area contributed by atoms with Crippen LogP contribution in [0.15, 0.2) is 18.2 Å². The van der Waals surface area contributed by atoms with E-state index < -0.39 is 12.1 Å². The van der Waals surface area contributed by atoms with Crippen molar-refractivity contribution in [2.24, 2.45) is 5.73 Å². The summed E-state index contributed by atoms with van der Waals surface area (Å²) in [5, 5.41) is 18.4. The fraction of sp³-hybridized carbons (Fsp3) is 0.300. The Morgan fingerprint density at radius 3 is 2.64 bits per heavy atom. The van der Waals surface area contributed by atoms with Crippen molar-refractivity contribution in [3.05, 3.63) is 34.3 Å². The third-order valence-electron chi connectivity index (χ3n) is 1.95. The van der Waals surface area contributed by atoms with Gasteiger partial charge in [0.05, 0.1) is 23.8 Å². The van der Waals surface area contributed by atoms with Gasteiger partial charge in [0.25, 0.3) is 0 Å². The molecule has 0 fully saturated rings. The van der Waals surface area contributed by atoms with Gasteiger partial charge in [-0.05, 0) is 30.7 Å². The minimum absolute atomic E-state index is 0.448. The molecule has 0 aliphatic rings. The van der Waals surface area contributed by atoms with Crippen LogP contribution in [0.2, 0.25) is 5.02 Å². The molecule has 3 nitrogen and oxygen atoms in total. The van der Waals surface area contributed by atoms with Crippen LogP contribution in [-0.2, 0) is 0 Å². The number of hydrogen-bond donors (Lipinski definition) is 2. The number of halogens is 1. The molecule has 0 aliphatic carbocycles. The molecule has 2 atom stereocenters. The van der Waals surface area contributed by atoms with E-state index in [2.05, 4.69) is 0 Å². The molecular formula is C10H11ClN2O. The van der Waals surface area contributed by atoms with Crippen molar-refractivity contribution in [1.82, 2.24) is 0 Å². The predicted octanol–water partition coefficient (Wildman–Crippen LogP) is 1.59. The highest BCUT2D eigenvalue weighted by atomic mass is 35.5. The zero-order valence-electron chi connectivity index (χ0n) is 7.74. The molecule has 0 saturated heterocycles. The molecule has 0 bridgehead atoms. The summed E-state index contributed by atoms with van der Waals surface area (Å²) < 4.78 is 0. The number of rotatable bonds is 2. The van der Waals surface area contributed by atoms with Crippen molar-refractivity contribution >= 4 is 11.6 Å². The van der Waals surface area contributed by atoms with Crippen molar-refractivity contribution in [1.29, 1.82) is 5.26 Å². The van der Waals surface area contributed by atoms with Gasteiger partial charge in [0.2, 0.25) is 0 Å². The van der Waals surface area contributed by atoms with E-state index >= 15 is 0 Å². The topological polar surface area (TPSA) is 70.0 Å². The summed E-state index contributed by atoms with van der Waals surface area (Å²) in [6, 6.07) is 6.30. The first-order valence-electron chi connectivity index (χ1n) is 4.19. The molecule has 3 N–H and O–H groups in total. The zero-order chi connectivity index (χ0) is 10.7. The van der Waals surface area contributed by atoms with Crippen LogP contribution < -0.4 is 5.73 Å². The lowest BCUT2D eigenvalue weighted by atomic mass is 10.0. The third kappa shape index (κ3) is 2.46. The highest BCUT2D eigenvalue weighted by Crippen LogP contribution is 2.20. The molecule has 0 heterocycles. The number of nitrogens with zero attached hydrogens (tertiary/aromatic N) is 1. The fourth-order valence-electron chi connectivity index (χ4n) is 1.15. The Bertz CT molecular complexity index is 371. The number of aliphatic hydroxyl groups excluding tert-OH is 1. The fourth-order valence-corrected chi connectivity index (χ4v) is 1.39. The molecule has 1 rings (SSSR count). The lowest BCUT2D eigenvalue weighted by molar-refractivity contribution is 0.164. The van der Waals surface area contributed by atoms with E-state index in [1.54, 1.807) is 25.1 Å². The Morgan fingerprint density at radius 1 is 1.50 bits per heavy atom. The van der Waals surface area contributed by atoms with Crippen LogP contribution in [0.25, 0.3) is 0 Å². The van der Waals surface area contributed by atoms with Crippen molar-refractivity contribution < 1.29 is 5.11 Å². The van der Waals surface area contributed by atoms with Crippen LogP contribution in [0.1, 0.15) is 24.1 Å². The quantitative estimate of drug-likeness (QED) is 0.779. The van der Waals surface area contributed by atoms with Gasteiger partial charge in [-0.3, -0.25) is 0 Å². The van der Waals surface area contributed by atoms with Gasteiger partial charge in [-0.15, -0.1) is 0 Å². The van der Waals surface area contributed by atoms with Gasteiger partial charge in [0.15, 0.2) is 0 Å². The first-order chi connectivity index (χ1) is 6.54. The predicted molar refractivity (Wildman–Crippen MR) is 54.8 cm³/mol. The molecule has 0 radical (unpaired) electrons. The van der Waals surface area contributed by atoms with Gasteiger partial charge in [-0.25, -0.2) is 0 Å². The molecule has 4 heteroatoms. The first kappa shape index (κ1) is 11.0. The summed E-state index contributed by atoms with van der Waals surface area (Å²) >= 11 is 5.79. The van der Waals surface area contributed by atoms with Crippen LogP contribution in [0.5, 0.6) is 0 Å². The van der Waals surface area contributed by atoms with Crippen molar-refractivity contribution in [3.8, 4) is 6.07 Å². The SMILES string of the molecule is CC(O)C(N)c1cc(Cl)cc(C#N)c1. The summed E-state index contributed by atoms with van der Waals surface area (Å²) in [6.45, 7) is 1.59. The second-order valence-electron chi connectivity index (χ2n) is 3.15. The van der Waals surface area contributed by atoms with Crippen LogP contribution in [0.3, 0.4) is 0 Å². The molecule has 1 aromatic rings.